The number of carbonyl (C=O) groups is 3. The van der Waals surface area contributed by atoms with Gasteiger partial charge in [0.05, 0.1) is 10.9 Å². The second kappa shape index (κ2) is 4.69. The molecule has 2 rings (SSSR count). The van der Waals surface area contributed by atoms with Crippen LogP contribution in [0.3, 0.4) is 0 Å². The van der Waals surface area contributed by atoms with Gasteiger partial charge in [0.25, 0.3) is 5.24 Å². The van der Waals surface area contributed by atoms with Crippen LogP contribution in [0.25, 0.3) is 0 Å². The van der Waals surface area contributed by atoms with Gasteiger partial charge in [0, 0.05) is 12.4 Å². The molecule has 1 saturated heterocycles. The molecule has 2 amide bonds. The van der Waals surface area contributed by atoms with E-state index in [1.165, 1.54) is 24.3 Å². The number of benzene rings is 1. The zero-order chi connectivity index (χ0) is 13.3. The summed E-state index contributed by atoms with van der Waals surface area (Å²) < 4.78 is 0. The molecule has 0 spiro atoms. The van der Waals surface area contributed by atoms with Gasteiger partial charge in [-0.25, -0.2) is 4.90 Å². The quantitative estimate of drug-likeness (QED) is 0.833. The van der Waals surface area contributed by atoms with Crippen LogP contribution in [0, 0.1) is 0 Å². The van der Waals surface area contributed by atoms with Gasteiger partial charge in [-0.1, -0.05) is 11.8 Å². The number of nitrogens with zero attached hydrogens (tertiary/aromatic N) is 1. The maximum atomic E-state index is 11.9. The van der Waals surface area contributed by atoms with E-state index in [0.29, 0.717) is 17.4 Å². The summed E-state index contributed by atoms with van der Waals surface area (Å²) in [5.41, 5.74) is 0.302. The van der Waals surface area contributed by atoms with Crippen LogP contribution in [0.1, 0.15) is 6.42 Å². The predicted molar refractivity (Wildman–Crippen MR) is 62.0 cm³/mol. The summed E-state index contributed by atoms with van der Waals surface area (Å²) in [7, 11) is 0. The van der Waals surface area contributed by atoms with Crippen molar-refractivity contribution >= 4 is 34.6 Å². The number of hydrogen-bond donors (Lipinski definition) is 1. The molecule has 1 aliphatic rings. The number of hydrogen-bond acceptors (Lipinski definition) is 6. The smallest absolute Gasteiger partial charge is 0.293 e. The van der Waals surface area contributed by atoms with E-state index < -0.39 is 28.8 Å². The van der Waals surface area contributed by atoms with E-state index in [1.54, 1.807) is 0 Å². The third kappa shape index (κ3) is 2.30. The first kappa shape index (κ1) is 12.4. The summed E-state index contributed by atoms with van der Waals surface area (Å²) in [6.07, 6.45) is -0.496. The maximum absolute atomic E-state index is 11.9. The molecule has 7 heteroatoms. The lowest BCUT2D eigenvalue weighted by Crippen LogP contribution is -2.34. The van der Waals surface area contributed by atoms with Crippen LogP contribution >= 0.6 is 11.8 Å². The number of rotatable bonds is 3. The number of amides is 2. The molecule has 0 aliphatic carbocycles. The van der Waals surface area contributed by atoms with Crippen molar-refractivity contribution in [3.8, 4) is 5.75 Å². The summed E-state index contributed by atoms with van der Waals surface area (Å²) in [6, 6.07) is 5.50. The molecular formula is C11H8NO5S-. The van der Waals surface area contributed by atoms with Gasteiger partial charge in [-0.2, -0.15) is 0 Å². The normalized spacial score (nSPS) is 19.3. The molecule has 0 aromatic heterocycles. The third-order valence-electron chi connectivity index (χ3n) is 2.38. The van der Waals surface area contributed by atoms with Crippen molar-refractivity contribution in [3.63, 3.8) is 0 Å². The highest BCUT2D eigenvalue weighted by molar-refractivity contribution is 8.15. The minimum absolute atomic E-state index is 0.0109. The number of carboxylic acid groups (broad SMARTS) is 1. The topological polar surface area (TPSA) is 97.7 Å². The Kier molecular flexibility index (Phi) is 3.24. The fourth-order valence-corrected chi connectivity index (χ4v) is 2.54. The van der Waals surface area contributed by atoms with E-state index in [9.17, 15) is 19.5 Å². The van der Waals surface area contributed by atoms with Gasteiger partial charge in [0.2, 0.25) is 5.91 Å². The van der Waals surface area contributed by atoms with E-state index in [2.05, 4.69) is 0 Å². The molecular weight excluding hydrogens is 258 g/mol. The molecule has 6 nitrogen and oxygen atoms in total. The number of phenolic OH excluding ortho intramolecular Hbond substituents is 1. The molecule has 0 bridgehead atoms. The van der Waals surface area contributed by atoms with E-state index >= 15 is 0 Å². The fraction of sp³-hybridized carbons (Fsp3) is 0.182. The number of carbonyl (C=O) groups excluding carboxylic acids is 3. The van der Waals surface area contributed by atoms with Crippen LogP contribution in [0.2, 0.25) is 0 Å². The van der Waals surface area contributed by atoms with Crippen LogP contribution in [0.5, 0.6) is 5.75 Å². The Morgan fingerprint density at radius 2 is 1.94 bits per heavy atom. The van der Waals surface area contributed by atoms with E-state index in [-0.39, 0.29) is 5.75 Å². The lowest BCUT2D eigenvalue weighted by Gasteiger charge is -2.13. The van der Waals surface area contributed by atoms with E-state index in [0.717, 1.165) is 4.90 Å². The lowest BCUT2D eigenvalue weighted by atomic mass is 10.2. The molecule has 18 heavy (non-hydrogen) atoms. The SMILES string of the molecule is O=C([O-])CC1SC(=O)N(c2ccc(O)cc2)C1=O. The lowest BCUT2D eigenvalue weighted by molar-refractivity contribution is -0.305. The van der Waals surface area contributed by atoms with Gasteiger partial charge >= 0.3 is 0 Å². The van der Waals surface area contributed by atoms with Crippen LogP contribution in [-0.2, 0) is 9.59 Å². The molecule has 1 aliphatic heterocycles. The summed E-state index contributed by atoms with van der Waals surface area (Å²) in [5, 5.41) is 18.1. The highest BCUT2D eigenvalue weighted by atomic mass is 32.2. The number of aromatic hydroxyl groups is 1. The number of carboxylic acids is 1. The van der Waals surface area contributed by atoms with E-state index in [1.807, 2.05) is 0 Å². The van der Waals surface area contributed by atoms with Crippen LogP contribution in [0.15, 0.2) is 24.3 Å². The summed E-state index contributed by atoms with van der Waals surface area (Å²) in [6.45, 7) is 0. The predicted octanol–water partition coefficient (Wildman–Crippen LogP) is 0.101. The highest BCUT2D eigenvalue weighted by Crippen LogP contribution is 2.33. The zero-order valence-electron chi connectivity index (χ0n) is 9.03. The van der Waals surface area contributed by atoms with Gasteiger partial charge in [-0.15, -0.1) is 0 Å². The van der Waals surface area contributed by atoms with Crippen molar-refractivity contribution in [2.24, 2.45) is 0 Å². The van der Waals surface area contributed by atoms with Gasteiger partial charge < -0.3 is 15.0 Å². The average Bonchev–Trinajstić information content (AvgIpc) is 2.55. The molecule has 1 aromatic carbocycles. The second-order valence-corrected chi connectivity index (χ2v) is 4.79. The largest absolute Gasteiger partial charge is 0.550 e. The summed E-state index contributed by atoms with van der Waals surface area (Å²) in [5.74, 6) is -1.95. The first-order chi connectivity index (χ1) is 8.49. The molecule has 0 saturated carbocycles. The minimum Gasteiger partial charge on any atom is -0.550 e. The van der Waals surface area contributed by atoms with Crippen LogP contribution in [-0.4, -0.2) is 27.5 Å². The standard InChI is InChI=1S/C11H9NO5S/c13-7-3-1-6(2-4-7)12-10(16)8(5-9(14)15)18-11(12)17/h1-4,8,13H,5H2,(H,14,15)/p-1. The number of aliphatic carboxylic acids is 1. The van der Waals surface area contributed by atoms with Crippen molar-refractivity contribution < 1.29 is 24.6 Å². The number of anilines is 1. The first-order valence-electron chi connectivity index (χ1n) is 5.02. The third-order valence-corrected chi connectivity index (χ3v) is 3.42. The van der Waals surface area contributed by atoms with Crippen molar-refractivity contribution in [3.05, 3.63) is 24.3 Å². The summed E-state index contributed by atoms with van der Waals surface area (Å²) in [4.78, 5) is 34.9. The van der Waals surface area contributed by atoms with Crippen molar-refractivity contribution in [2.75, 3.05) is 4.90 Å². The van der Waals surface area contributed by atoms with Crippen LogP contribution in [0.4, 0.5) is 10.5 Å². The Morgan fingerprint density at radius 3 is 2.50 bits per heavy atom. The molecule has 94 valence electrons. The van der Waals surface area contributed by atoms with Crippen molar-refractivity contribution in [2.45, 2.75) is 11.7 Å². The monoisotopic (exact) mass is 266 g/mol. The van der Waals surface area contributed by atoms with Gasteiger partial charge in [-0.3, -0.25) is 9.59 Å². The number of phenols is 1. The summed E-state index contributed by atoms with van der Waals surface area (Å²) >= 11 is 0.663. The molecule has 1 fully saturated rings. The number of thioether (sulfide) groups is 1. The Morgan fingerprint density at radius 1 is 1.33 bits per heavy atom. The number of imide groups is 1. The molecule has 0 radical (unpaired) electrons. The zero-order valence-corrected chi connectivity index (χ0v) is 9.85. The highest BCUT2D eigenvalue weighted by Gasteiger charge is 2.40. The fourth-order valence-electron chi connectivity index (χ4n) is 1.57. The average molecular weight is 266 g/mol. The molecule has 1 aromatic rings. The first-order valence-corrected chi connectivity index (χ1v) is 5.90. The molecule has 1 unspecified atom stereocenters. The van der Waals surface area contributed by atoms with Crippen molar-refractivity contribution in [1.29, 1.82) is 0 Å². The van der Waals surface area contributed by atoms with Gasteiger partial charge in [-0.05, 0) is 24.3 Å². The molecule has 1 heterocycles. The Hall–Kier alpha value is -2.02. The Labute approximate surface area is 106 Å². The molecule has 1 atom stereocenters. The van der Waals surface area contributed by atoms with E-state index in [4.69, 9.17) is 5.11 Å². The van der Waals surface area contributed by atoms with Crippen LogP contribution < -0.4 is 10.0 Å². The van der Waals surface area contributed by atoms with Gasteiger partial charge in [0.1, 0.15) is 5.75 Å². The van der Waals surface area contributed by atoms with Gasteiger partial charge in [0.15, 0.2) is 0 Å². The maximum Gasteiger partial charge on any atom is 0.293 e. The van der Waals surface area contributed by atoms with Crippen molar-refractivity contribution in [1.82, 2.24) is 0 Å². The molecule has 1 N–H and O–H groups in total. The Bertz CT molecular complexity index is 513. The minimum atomic E-state index is -1.37. The Balaban J connectivity index is 2.24. The second-order valence-electron chi connectivity index (χ2n) is 3.64.